The minimum Gasteiger partial charge on any atom is -0.473 e. The third-order valence-electron chi connectivity index (χ3n) is 4.13. The minimum atomic E-state index is 0.0761. The summed E-state index contributed by atoms with van der Waals surface area (Å²) in [5, 5.41) is 10.1. The number of hydrogen-bond donors (Lipinski definition) is 0. The lowest BCUT2D eigenvalue weighted by atomic mass is 10.1. The van der Waals surface area contributed by atoms with Crippen molar-refractivity contribution in [1.29, 1.82) is 0 Å². The molecule has 122 valence electrons. The van der Waals surface area contributed by atoms with E-state index in [4.69, 9.17) is 16.3 Å². The van der Waals surface area contributed by atoms with Gasteiger partial charge in [-0.25, -0.2) is 0 Å². The second kappa shape index (κ2) is 7.59. The minimum absolute atomic E-state index is 0.0761. The van der Waals surface area contributed by atoms with Crippen molar-refractivity contribution >= 4 is 28.3 Å². The Balaban J connectivity index is 1.59. The summed E-state index contributed by atoms with van der Waals surface area (Å²) in [6.45, 7) is 1.45. The van der Waals surface area contributed by atoms with E-state index in [1.807, 2.05) is 29.2 Å². The van der Waals surface area contributed by atoms with Gasteiger partial charge in [-0.05, 0) is 12.5 Å². The SMILES string of the molecule is O=C(CCCCl)N1CCC(Oc2nncc3ccccc23)CC1. The highest BCUT2D eigenvalue weighted by atomic mass is 35.5. The van der Waals surface area contributed by atoms with E-state index < -0.39 is 0 Å². The Hall–Kier alpha value is -1.88. The molecule has 23 heavy (non-hydrogen) atoms. The van der Waals surface area contributed by atoms with E-state index in [0.717, 1.165) is 43.1 Å². The van der Waals surface area contributed by atoms with Gasteiger partial charge in [-0.15, -0.1) is 16.7 Å². The average Bonchev–Trinajstić information content (AvgIpc) is 2.60. The quantitative estimate of drug-likeness (QED) is 0.789. The summed E-state index contributed by atoms with van der Waals surface area (Å²) in [6, 6.07) is 7.92. The molecule has 3 rings (SSSR count). The van der Waals surface area contributed by atoms with Crippen molar-refractivity contribution in [1.82, 2.24) is 15.1 Å². The molecule has 0 radical (unpaired) electrons. The van der Waals surface area contributed by atoms with E-state index in [1.165, 1.54) is 0 Å². The summed E-state index contributed by atoms with van der Waals surface area (Å²) in [5.41, 5.74) is 0. The molecule has 0 atom stereocenters. The van der Waals surface area contributed by atoms with Crippen LogP contribution in [0.15, 0.2) is 30.5 Å². The number of halogens is 1. The maximum absolute atomic E-state index is 12.0. The molecule has 0 bridgehead atoms. The standard InChI is InChI=1S/C17H20ClN3O2/c18-9-3-6-16(22)21-10-7-14(8-11-21)23-17-15-5-2-1-4-13(15)12-19-20-17/h1-2,4-5,12,14H,3,6-11H2. The van der Waals surface area contributed by atoms with Gasteiger partial charge in [0, 0.05) is 49.0 Å². The maximum atomic E-state index is 12.0. The van der Waals surface area contributed by atoms with Crippen molar-refractivity contribution in [3.63, 3.8) is 0 Å². The third kappa shape index (κ3) is 3.91. The monoisotopic (exact) mass is 333 g/mol. The first-order valence-electron chi connectivity index (χ1n) is 7.99. The number of likely N-dealkylation sites (tertiary alicyclic amines) is 1. The van der Waals surface area contributed by atoms with Crippen molar-refractivity contribution in [3.05, 3.63) is 30.5 Å². The van der Waals surface area contributed by atoms with Crippen LogP contribution in [-0.4, -0.2) is 46.1 Å². The normalized spacial score (nSPS) is 15.8. The highest BCUT2D eigenvalue weighted by Crippen LogP contribution is 2.25. The number of carbonyl (C=O) groups excluding carboxylic acids is 1. The van der Waals surface area contributed by atoms with Crippen molar-refractivity contribution in [2.24, 2.45) is 0 Å². The largest absolute Gasteiger partial charge is 0.473 e. The summed E-state index contributed by atoms with van der Waals surface area (Å²) in [5.74, 6) is 1.30. The first-order chi connectivity index (χ1) is 11.3. The molecule has 0 spiro atoms. The number of aromatic nitrogens is 2. The molecule has 1 aromatic carbocycles. The predicted molar refractivity (Wildman–Crippen MR) is 89.7 cm³/mol. The van der Waals surface area contributed by atoms with Crippen LogP contribution in [0.5, 0.6) is 5.88 Å². The van der Waals surface area contributed by atoms with Gasteiger partial charge in [0.15, 0.2) is 0 Å². The number of fused-ring (bicyclic) bond motifs is 1. The van der Waals surface area contributed by atoms with Crippen molar-refractivity contribution < 1.29 is 9.53 Å². The number of rotatable bonds is 5. The van der Waals surface area contributed by atoms with Gasteiger partial charge in [-0.2, -0.15) is 5.10 Å². The first kappa shape index (κ1) is 16.0. The van der Waals surface area contributed by atoms with E-state index in [1.54, 1.807) is 6.20 Å². The van der Waals surface area contributed by atoms with E-state index in [9.17, 15) is 4.79 Å². The van der Waals surface area contributed by atoms with Crippen LogP contribution in [0.2, 0.25) is 0 Å². The summed E-state index contributed by atoms with van der Waals surface area (Å²) >= 11 is 5.64. The van der Waals surface area contributed by atoms with Crippen molar-refractivity contribution in [2.75, 3.05) is 19.0 Å². The molecule has 0 saturated carbocycles. The van der Waals surface area contributed by atoms with Crippen LogP contribution < -0.4 is 4.74 Å². The first-order valence-corrected chi connectivity index (χ1v) is 8.52. The highest BCUT2D eigenvalue weighted by Gasteiger charge is 2.24. The van der Waals surface area contributed by atoms with Crippen LogP contribution in [0.1, 0.15) is 25.7 Å². The number of amides is 1. The third-order valence-corrected chi connectivity index (χ3v) is 4.40. The van der Waals surface area contributed by atoms with Crippen molar-refractivity contribution in [3.8, 4) is 5.88 Å². The second-order valence-electron chi connectivity index (χ2n) is 5.73. The van der Waals surface area contributed by atoms with E-state index in [-0.39, 0.29) is 12.0 Å². The molecule has 1 aromatic heterocycles. The van der Waals surface area contributed by atoms with Gasteiger partial charge >= 0.3 is 0 Å². The highest BCUT2D eigenvalue weighted by molar-refractivity contribution is 6.17. The number of alkyl halides is 1. The van der Waals surface area contributed by atoms with E-state index in [2.05, 4.69) is 10.2 Å². The molecule has 0 aliphatic carbocycles. The Bertz CT molecular complexity index is 666. The molecule has 2 heterocycles. The molecular weight excluding hydrogens is 314 g/mol. The van der Waals surface area contributed by atoms with Crippen LogP contribution in [0.25, 0.3) is 10.8 Å². The lowest BCUT2D eigenvalue weighted by Gasteiger charge is -2.32. The predicted octanol–water partition coefficient (Wildman–Crippen LogP) is 3.02. The Labute approximate surface area is 140 Å². The number of ether oxygens (including phenoxy) is 1. The molecule has 1 aliphatic rings. The Morgan fingerprint density at radius 1 is 1.30 bits per heavy atom. The number of carbonyl (C=O) groups is 1. The summed E-state index contributed by atoms with van der Waals surface area (Å²) in [6.07, 6.45) is 4.72. The van der Waals surface area contributed by atoms with Crippen molar-refractivity contribution in [2.45, 2.75) is 31.8 Å². The summed E-state index contributed by atoms with van der Waals surface area (Å²) in [7, 11) is 0. The molecule has 5 nitrogen and oxygen atoms in total. The van der Waals surface area contributed by atoms with Crippen LogP contribution in [0.3, 0.4) is 0 Å². The molecule has 6 heteroatoms. The van der Waals surface area contributed by atoms with Crippen LogP contribution in [-0.2, 0) is 4.79 Å². The smallest absolute Gasteiger partial charge is 0.241 e. The van der Waals surface area contributed by atoms with Gasteiger partial charge in [0.25, 0.3) is 0 Å². The number of hydrogen-bond acceptors (Lipinski definition) is 4. The van der Waals surface area contributed by atoms with Crippen LogP contribution in [0.4, 0.5) is 0 Å². The fourth-order valence-corrected chi connectivity index (χ4v) is 2.98. The topological polar surface area (TPSA) is 55.3 Å². The lowest BCUT2D eigenvalue weighted by Crippen LogP contribution is -2.41. The zero-order valence-electron chi connectivity index (χ0n) is 12.9. The van der Waals surface area contributed by atoms with Gasteiger partial charge < -0.3 is 9.64 Å². The fraction of sp³-hybridized carbons (Fsp3) is 0.471. The zero-order chi connectivity index (χ0) is 16.1. The van der Waals surface area contributed by atoms with Crippen LogP contribution in [0, 0.1) is 0 Å². The van der Waals surface area contributed by atoms with Gasteiger partial charge in [0.05, 0.1) is 6.20 Å². The number of piperidine rings is 1. The molecular formula is C17H20ClN3O2. The van der Waals surface area contributed by atoms with Gasteiger partial charge in [-0.1, -0.05) is 18.2 Å². The molecule has 1 saturated heterocycles. The molecule has 0 N–H and O–H groups in total. The molecule has 1 aliphatic heterocycles. The van der Waals surface area contributed by atoms with Gasteiger partial charge in [-0.3, -0.25) is 4.79 Å². The zero-order valence-corrected chi connectivity index (χ0v) is 13.7. The Kier molecular flexibility index (Phi) is 5.28. The second-order valence-corrected chi connectivity index (χ2v) is 6.11. The van der Waals surface area contributed by atoms with E-state index >= 15 is 0 Å². The van der Waals surface area contributed by atoms with Crippen LogP contribution >= 0.6 is 11.6 Å². The summed E-state index contributed by atoms with van der Waals surface area (Å²) < 4.78 is 6.05. The molecule has 1 amide bonds. The average molecular weight is 334 g/mol. The Morgan fingerprint density at radius 3 is 2.87 bits per heavy atom. The summed E-state index contributed by atoms with van der Waals surface area (Å²) in [4.78, 5) is 13.9. The lowest BCUT2D eigenvalue weighted by molar-refractivity contribution is -0.133. The fourth-order valence-electron chi connectivity index (χ4n) is 2.85. The molecule has 1 fully saturated rings. The molecule has 0 unspecified atom stereocenters. The number of nitrogens with zero attached hydrogens (tertiary/aromatic N) is 3. The van der Waals surface area contributed by atoms with Gasteiger partial charge in [0.1, 0.15) is 6.10 Å². The van der Waals surface area contributed by atoms with E-state index in [0.29, 0.717) is 18.2 Å². The Morgan fingerprint density at radius 2 is 2.09 bits per heavy atom. The molecule has 2 aromatic rings. The van der Waals surface area contributed by atoms with Gasteiger partial charge in [0.2, 0.25) is 11.8 Å². The maximum Gasteiger partial charge on any atom is 0.241 e. The number of benzene rings is 1.